The Morgan fingerprint density at radius 1 is 1.26 bits per heavy atom. The Kier molecular flexibility index (Phi) is 3.29. The van der Waals surface area contributed by atoms with Crippen LogP contribution in [0.15, 0.2) is 18.2 Å². The van der Waals surface area contributed by atoms with Gasteiger partial charge < -0.3 is 10.2 Å². The minimum absolute atomic E-state index is 0.224. The van der Waals surface area contributed by atoms with Gasteiger partial charge in [0, 0.05) is 37.9 Å². The van der Waals surface area contributed by atoms with Gasteiger partial charge in [-0.25, -0.2) is 0 Å². The molecular weight excluding hydrogens is 238 g/mol. The van der Waals surface area contributed by atoms with Crippen molar-refractivity contribution in [1.82, 2.24) is 10.2 Å². The molecule has 2 aliphatic heterocycles. The third-order valence-electron chi connectivity index (χ3n) is 4.31. The molecule has 0 radical (unpaired) electrons. The van der Waals surface area contributed by atoms with Crippen LogP contribution < -0.4 is 10.2 Å². The summed E-state index contributed by atoms with van der Waals surface area (Å²) in [5.74, 6) is 0.224. The van der Waals surface area contributed by atoms with Crippen LogP contribution in [0.5, 0.6) is 0 Å². The summed E-state index contributed by atoms with van der Waals surface area (Å²) in [7, 11) is 0. The van der Waals surface area contributed by atoms with E-state index in [1.807, 2.05) is 4.90 Å². The maximum absolute atomic E-state index is 12.3. The second kappa shape index (κ2) is 4.94. The van der Waals surface area contributed by atoms with Crippen molar-refractivity contribution in [3.8, 4) is 0 Å². The minimum atomic E-state index is 0.224. The van der Waals surface area contributed by atoms with Crippen molar-refractivity contribution in [3.05, 3.63) is 29.3 Å². The standard InChI is InChI=1S/C15H21N3O/c1-11-3-4-13(7-12(11)2)18-9-14-8-16-5-6-17(14)10-15(18)19/h3-4,7,14,16H,5-6,8-10H2,1-2H3. The molecule has 0 saturated carbocycles. The largest absolute Gasteiger partial charge is 0.314 e. The molecule has 0 aromatic heterocycles. The number of carbonyl (C=O) groups is 1. The number of nitrogens with one attached hydrogen (secondary N) is 1. The van der Waals surface area contributed by atoms with Crippen LogP contribution in [0.2, 0.25) is 0 Å². The fraction of sp³-hybridized carbons (Fsp3) is 0.533. The quantitative estimate of drug-likeness (QED) is 0.815. The van der Waals surface area contributed by atoms with Crippen molar-refractivity contribution in [2.45, 2.75) is 19.9 Å². The zero-order valence-corrected chi connectivity index (χ0v) is 11.6. The monoisotopic (exact) mass is 259 g/mol. The highest BCUT2D eigenvalue weighted by Crippen LogP contribution is 2.23. The fourth-order valence-electron chi connectivity index (χ4n) is 2.91. The molecule has 4 heteroatoms. The van der Waals surface area contributed by atoms with Crippen LogP contribution >= 0.6 is 0 Å². The number of rotatable bonds is 1. The van der Waals surface area contributed by atoms with Crippen LogP contribution in [-0.4, -0.2) is 49.6 Å². The van der Waals surface area contributed by atoms with E-state index in [0.717, 1.165) is 31.9 Å². The number of fused-ring (bicyclic) bond motifs is 1. The molecule has 1 amide bonds. The van der Waals surface area contributed by atoms with Gasteiger partial charge in [0.05, 0.1) is 6.54 Å². The number of nitrogens with zero attached hydrogens (tertiary/aromatic N) is 2. The van der Waals surface area contributed by atoms with Crippen LogP contribution in [0.4, 0.5) is 5.69 Å². The number of amides is 1. The molecule has 1 unspecified atom stereocenters. The minimum Gasteiger partial charge on any atom is -0.314 e. The second-order valence-electron chi connectivity index (χ2n) is 5.60. The average Bonchev–Trinajstić information content (AvgIpc) is 2.41. The molecule has 2 saturated heterocycles. The first-order chi connectivity index (χ1) is 9.15. The van der Waals surface area contributed by atoms with E-state index >= 15 is 0 Å². The molecule has 2 aliphatic rings. The molecule has 1 atom stereocenters. The van der Waals surface area contributed by atoms with E-state index in [1.54, 1.807) is 0 Å². The number of piperazine rings is 2. The lowest BCUT2D eigenvalue weighted by Crippen LogP contribution is -2.63. The van der Waals surface area contributed by atoms with Gasteiger partial charge in [0.25, 0.3) is 0 Å². The summed E-state index contributed by atoms with van der Waals surface area (Å²) in [6.45, 7) is 8.51. The summed E-state index contributed by atoms with van der Waals surface area (Å²) in [5, 5.41) is 3.41. The topological polar surface area (TPSA) is 35.6 Å². The average molecular weight is 259 g/mol. The first-order valence-electron chi connectivity index (χ1n) is 6.97. The highest BCUT2D eigenvalue weighted by Gasteiger charge is 2.34. The molecule has 19 heavy (non-hydrogen) atoms. The second-order valence-corrected chi connectivity index (χ2v) is 5.60. The van der Waals surface area contributed by atoms with Crippen LogP contribution in [0.1, 0.15) is 11.1 Å². The molecule has 1 aromatic rings. The van der Waals surface area contributed by atoms with Gasteiger partial charge in [-0.1, -0.05) is 6.07 Å². The normalized spacial score (nSPS) is 24.4. The zero-order chi connectivity index (χ0) is 13.4. The molecule has 2 fully saturated rings. The molecule has 1 N–H and O–H groups in total. The van der Waals surface area contributed by atoms with Gasteiger partial charge >= 0.3 is 0 Å². The Labute approximate surface area is 114 Å². The summed E-state index contributed by atoms with van der Waals surface area (Å²) in [6, 6.07) is 6.74. The SMILES string of the molecule is Cc1ccc(N2CC3CNCCN3CC2=O)cc1C. The van der Waals surface area contributed by atoms with Crippen LogP contribution in [0.3, 0.4) is 0 Å². The Morgan fingerprint density at radius 2 is 2.11 bits per heavy atom. The number of hydrogen-bond acceptors (Lipinski definition) is 3. The van der Waals surface area contributed by atoms with E-state index in [9.17, 15) is 4.79 Å². The van der Waals surface area contributed by atoms with Gasteiger partial charge in [0.15, 0.2) is 0 Å². The van der Waals surface area contributed by atoms with Crippen molar-refractivity contribution in [1.29, 1.82) is 0 Å². The molecule has 0 bridgehead atoms. The van der Waals surface area contributed by atoms with Crippen molar-refractivity contribution < 1.29 is 4.79 Å². The van der Waals surface area contributed by atoms with Gasteiger partial charge in [-0.15, -0.1) is 0 Å². The highest BCUT2D eigenvalue weighted by molar-refractivity contribution is 5.95. The molecule has 102 valence electrons. The predicted molar refractivity (Wildman–Crippen MR) is 76.5 cm³/mol. The number of aryl methyl sites for hydroxylation is 2. The van der Waals surface area contributed by atoms with Gasteiger partial charge in [-0.3, -0.25) is 9.69 Å². The van der Waals surface area contributed by atoms with Crippen molar-refractivity contribution in [2.75, 3.05) is 37.6 Å². The third-order valence-corrected chi connectivity index (χ3v) is 4.31. The molecule has 2 heterocycles. The van der Waals surface area contributed by atoms with Crippen molar-refractivity contribution in [3.63, 3.8) is 0 Å². The number of carbonyl (C=O) groups excluding carboxylic acids is 1. The Morgan fingerprint density at radius 3 is 2.89 bits per heavy atom. The summed E-state index contributed by atoms with van der Waals surface area (Å²) in [6.07, 6.45) is 0. The van der Waals surface area contributed by atoms with E-state index < -0.39 is 0 Å². The van der Waals surface area contributed by atoms with Crippen molar-refractivity contribution >= 4 is 11.6 Å². The smallest absolute Gasteiger partial charge is 0.241 e. The fourth-order valence-corrected chi connectivity index (χ4v) is 2.91. The molecule has 4 nitrogen and oxygen atoms in total. The molecule has 0 spiro atoms. The predicted octanol–water partition coefficient (Wildman–Crippen LogP) is 0.924. The maximum Gasteiger partial charge on any atom is 0.241 e. The van der Waals surface area contributed by atoms with Gasteiger partial charge in [-0.2, -0.15) is 0 Å². The lowest BCUT2D eigenvalue weighted by molar-refractivity contribution is -0.122. The summed E-state index contributed by atoms with van der Waals surface area (Å²) < 4.78 is 0. The van der Waals surface area contributed by atoms with E-state index in [2.05, 4.69) is 42.3 Å². The maximum atomic E-state index is 12.3. The Hall–Kier alpha value is -1.39. The Bertz CT molecular complexity index is 500. The molecule has 0 aliphatic carbocycles. The van der Waals surface area contributed by atoms with Crippen LogP contribution in [0.25, 0.3) is 0 Å². The molecular formula is C15H21N3O. The van der Waals surface area contributed by atoms with Crippen LogP contribution in [-0.2, 0) is 4.79 Å². The Balaban J connectivity index is 1.83. The summed E-state index contributed by atoms with van der Waals surface area (Å²) >= 11 is 0. The summed E-state index contributed by atoms with van der Waals surface area (Å²) in [4.78, 5) is 16.6. The first kappa shape index (κ1) is 12.6. The van der Waals surface area contributed by atoms with E-state index in [0.29, 0.717) is 12.6 Å². The third kappa shape index (κ3) is 2.38. The molecule has 3 rings (SSSR count). The number of hydrogen-bond donors (Lipinski definition) is 1. The number of benzene rings is 1. The highest BCUT2D eigenvalue weighted by atomic mass is 16.2. The van der Waals surface area contributed by atoms with E-state index in [-0.39, 0.29) is 5.91 Å². The lowest BCUT2D eigenvalue weighted by Gasteiger charge is -2.43. The van der Waals surface area contributed by atoms with Gasteiger partial charge in [0.1, 0.15) is 0 Å². The number of anilines is 1. The lowest BCUT2D eigenvalue weighted by atomic mass is 10.1. The zero-order valence-electron chi connectivity index (χ0n) is 11.6. The summed E-state index contributed by atoms with van der Waals surface area (Å²) in [5.41, 5.74) is 3.56. The van der Waals surface area contributed by atoms with Gasteiger partial charge in [-0.05, 0) is 37.1 Å². The molecule has 1 aromatic carbocycles. The van der Waals surface area contributed by atoms with E-state index in [1.165, 1.54) is 11.1 Å². The first-order valence-corrected chi connectivity index (χ1v) is 6.97. The van der Waals surface area contributed by atoms with E-state index in [4.69, 9.17) is 0 Å². The van der Waals surface area contributed by atoms with Crippen molar-refractivity contribution in [2.24, 2.45) is 0 Å². The van der Waals surface area contributed by atoms with Crippen LogP contribution in [0, 0.1) is 13.8 Å². The van der Waals surface area contributed by atoms with Gasteiger partial charge in [0.2, 0.25) is 5.91 Å².